The molecule has 1 heterocycles. The Bertz CT molecular complexity index is 152. The summed E-state index contributed by atoms with van der Waals surface area (Å²) < 4.78 is 0. The van der Waals surface area contributed by atoms with Gasteiger partial charge in [-0.1, -0.05) is 30.6 Å². The van der Waals surface area contributed by atoms with E-state index in [1.54, 1.807) is 0 Å². The first-order valence-electron chi connectivity index (χ1n) is 4.56. The zero-order valence-electron chi connectivity index (χ0n) is 6.82. The lowest BCUT2D eigenvalue weighted by Gasteiger charge is -2.13. The van der Waals surface area contributed by atoms with Crippen molar-refractivity contribution in [3.05, 3.63) is 11.1 Å². The van der Waals surface area contributed by atoms with Gasteiger partial charge >= 0.3 is 0 Å². The molecular weight excluding hydrogens is 119 g/mol. The Morgan fingerprint density at radius 1 is 1.00 bits per heavy atom. The zero-order chi connectivity index (χ0) is 6.97. The van der Waals surface area contributed by atoms with E-state index in [2.05, 4.69) is 6.82 Å². The number of allylic oxidation sites excluding steroid dienone is 2. The average molecular weight is 134 g/mol. The van der Waals surface area contributed by atoms with Crippen molar-refractivity contribution in [2.24, 2.45) is 0 Å². The molecule has 0 aromatic heterocycles. The van der Waals surface area contributed by atoms with Gasteiger partial charge in [0.1, 0.15) is 6.71 Å². The first-order chi connectivity index (χ1) is 4.86. The summed E-state index contributed by atoms with van der Waals surface area (Å²) in [7, 11) is 0. The van der Waals surface area contributed by atoms with Crippen molar-refractivity contribution >= 4 is 6.71 Å². The van der Waals surface area contributed by atoms with Crippen molar-refractivity contribution < 1.29 is 0 Å². The Morgan fingerprint density at radius 3 is 2.00 bits per heavy atom. The van der Waals surface area contributed by atoms with Gasteiger partial charge in [0.05, 0.1) is 0 Å². The third-order valence-electron chi connectivity index (χ3n) is 2.90. The molecule has 1 aliphatic heterocycles. The largest absolute Gasteiger partial charge is 0.145 e. The molecule has 0 aromatic rings. The average Bonchev–Trinajstić information content (AvgIpc) is 2.27. The molecule has 1 aliphatic carbocycles. The molecule has 0 radical (unpaired) electrons. The highest BCUT2D eigenvalue weighted by atomic mass is 14.2. The van der Waals surface area contributed by atoms with E-state index in [0.29, 0.717) is 0 Å². The lowest BCUT2D eigenvalue weighted by atomic mass is 9.49. The maximum Gasteiger partial charge on any atom is 0.145 e. The fourth-order valence-electron chi connectivity index (χ4n) is 2.44. The molecule has 0 saturated carbocycles. The Kier molecular flexibility index (Phi) is 1.59. The van der Waals surface area contributed by atoms with E-state index in [-0.39, 0.29) is 0 Å². The van der Waals surface area contributed by atoms with Crippen LogP contribution in [0.4, 0.5) is 0 Å². The van der Waals surface area contributed by atoms with Crippen LogP contribution in [-0.4, -0.2) is 6.71 Å². The highest BCUT2D eigenvalue weighted by Crippen LogP contribution is 2.37. The van der Waals surface area contributed by atoms with Crippen LogP contribution < -0.4 is 0 Å². The van der Waals surface area contributed by atoms with Crippen LogP contribution in [0.1, 0.15) is 25.7 Å². The lowest BCUT2D eigenvalue weighted by molar-refractivity contribution is 0.679. The van der Waals surface area contributed by atoms with E-state index in [1.165, 1.54) is 38.3 Å². The van der Waals surface area contributed by atoms with Gasteiger partial charge in [-0.15, -0.1) is 0 Å². The van der Waals surface area contributed by atoms with Crippen LogP contribution in [-0.2, 0) is 0 Å². The highest BCUT2D eigenvalue weighted by molar-refractivity contribution is 6.60. The molecule has 0 saturated heterocycles. The van der Waals surface area contributed by atoms with E-state index >= 15 is 0 Å². The van der Waals surface area contributed by atoms with Gasteiger partial charge in [-0.05, 0) is 25.7 Å². The summed E-state index contributed by atoms with van der Waals surface area (Å²) in [5.74, 6) is 0. The first-order valence-corrected chi connectivity index (χ1v) is 4.56. The van der Waals surface area contributed by atoms with Crippen molar-refractivity contribution in [1.29, 1.82) is 0 Å². The molecule has 54 valence electrons. The van der Waals surface area contributed by atoms with E-state index in [1.807, 2.05) is 11.1 Å². The fourth-order valence-corrected chi connectivity index (χ4v) is 2.44. The Morgan fingerprint density at radius 2 is 1.50 bits per heavy atom. The van der Waals surface area contributed by atoms with Gasteiger partial charge in [-0.3, -0.25) is 0 Å². The van der Waals surface area contributed by atoms with Gasteiger partial charge in [-0.25, -0.2) is 0 Å². The topological polar surface area (TPSA) is 0 Å². The molecule has 0 unspecified atom stereocenters. The molecule has 10 heavy (non-hydrogen) atoms. The monoisotopic (exact) mass is 134 g/mol. The van der Waals surface area contributed by atoms with Crippen molar-refractivity contribution in [3.63, 3.8) is 0 Å². The predicted molar refractivity (Wildman–Crippen MR) is 46.7 cm³/mol. The maximum atomic E-state index is 2.39. The molecule has 2 rings (SSSR count). The molecule has 1 heteroatoms. The van der Waals surface area contributed by atoms with Gasteiger partial charge in [0.25, 0.3) is 0 Å². The van der Waals surface area contributed by atoms with Crippen LogP contribution in [0, 0.1) is 0 Å². The zero-order valence-corrected chi connectivity index (χ0v) is 6.82. The van der Waals surface area contributed by atoms with Crippen LogP contribution >= 0.6 is 0 Å². The van der Waals surface area contributed by atoms with Crippen LogP contribution in [0.2, 0.25) is 19.5 Å². The number of hydrogen-bond acceptors (Lipinski definition) is 0. The summed E-state index contributed by atoms with van der Waals surface area (Å²) in [6.45, 7) is 3.36. The van der Waals surface area contributed by atoms with Crippen molar-refractivity contribution in [2.75, 3.05) is 0 Å². The quantitative estimate of drug-likeness (QED) is 0.353. The third-order valence-corrected chi connectivity index (χ3v) is 2.90. The van der Waals surface area contributed by atoms with Crippen LogP contribution in [0.3, 0.4) is 0 Å². The molecule has 2 aliphatic rings. The second-order valence-corrected chi connectivity index (χ2v) is 3.93. The molecule has 0 N–H and O–H groups in total. The number of hydrogen-bond donors (Lipinski definition) is 0. The minimum Gasteiger partial charge on any atom is -0.0856 e. The second kappa shape index (κ2) is 2.45. The number of rotatable bonds is 0. The summed E-state index contributed by atoms with van der Waals surface area (Å²) in [5, 5.41) is 0. The molecular formula is C9H15B. The summed E-state index contributed by atoms with van der Waals surface area (Å²) in [6.07, 6.45) is 8.64. The summed E-state index contributed by atoms with van der Waals surface area (Å²) in [4.78, 5) is 0. The lowest BCUT2D eigenvalue weighted by Crippen LogP contribution is -1.98. The van der Waals surface area contributed by atoms with Gasteiger partial charge in [0.15, 0.2) is 0 Å². The van der Waals surface area contributed by atoms with Crippen molar-refractivity contribution in [3.8, 4) is 0 Å². The SMILES string of the molecule is CB1CC2=C(CCCC2)C1. The Balaban J connectivity index is 2.13. The van der Waals surface area contributed by atoms with Crippen LogP contribution in [0.15, 0.2) is 11.1 Å². The standard InChI is InChI=1S/C9H15B/c1-10-6-8-4-2-3-5-9(8)7-10/h2-7H2,1H3. The van der Waals surface area contributed by atoms with Gasteiger partial charge < -0.3 is 0 Å². The maximum absolute atomic E-state index is 2.39. The third kappa shape index (κ3) is 1.02. The smallest absolute Gasteiger partial charge is 0.0856 e. The Hall–Kier alpha value is -0.195. The predicted octanol–water partition coefficient (Wildman–Crippen LogP) is 3.00. The normalized spacial score (nSPS) is 25.5. The molecule has 0 fully saturated rings. The molecule has 0 atom stereocenters. The fraction of sp³-hybridized carbons (Fsp3) is 0.778. The van der Waals surface area contributed by atoms with Crippen molar-refractivity contribution in [2.45, 2.75) is 45.1 Å². The van der Waals surface area contributed by atoms with Gasteiger partial charge in [-0.2, -0.15) is 0 Å². The second-order valence-electron chi connectivity index (χ2n) is 3.93. The van der Waals surface area contributed by atoms with Crippen molar-refractivity contribution in [1.82, 2.24) is 0 Å². The Labute approximate surface area is 63.8 Å². The van der Waals surface area contributed by atoms with E-state index in [9.17, 15) is 0 Å². The minimum absolute atomic E-state index is 0.975. The van der Waals surface area contributed by atoms with E-state index < -0.39 is 0 Å². The summed E-state index contributed by atoms with van der Waals surface area (Å²) in [5.41, 5.74) is 3.66. The highest BCUT2D eigenvalue weighted by Gasteiger charge is 2.24. The molecule has 0 nitrogen and oxygen atoms in total. The van der Waals surface area contributed by atoms with Gasteiger partial charge in [0.2, 0.25) is 0 Å². The first kappa shape index (κ1) is 6.51. The summed E-state index contributed by atoms with van der Waals surface area (Å²) >= 11 is 0. The molecule has 0 aromatic carbocycles. The summed E-state index contributed by atoms with van der Waals surface area (Å²) in [6, 6.07) is 0. The van der Waals surface area contributed by atoms with Crippen LogP contribution in [0.5, 0.6) is 0 Å². The molecule has 0 amide bonds. The van der Waals surface area contributed by atoms with E-state index in [4.69, 9.17) is 0 Å². The van der Waals surface area contributed by atoms with Crippen LogP contribution in [0.25, 0.3) is 0 Å². The minimum atomic E-state index is 0.975. The molecule has 0 spiro atoms. The van der Waals surface area contributed by atoms with E-state index in [0.717, 1.165) is 6.71 Å². The molecule has 0 bridgehead atoms. The van der Waals surface area contributed by atoms with Gasteiger partial charge in [0, 0.05) is 0 Å².